The third-order valence-electron chi connectivity index (χ3n) is 5.00. The second kappa shape index (κ2) is 12.0. The van der Waals surface area contributed by atoms with Gasteiger partial charge in [-0.25, -0.2) is 0 Å². The van der Waals surface area contributed by atoms with E-state index in [-0.39, 0.29) is 49.2 Å². The number of nitrogens with one attached hydrogen (secondary N) is 4. The zero-order chi connectivity index (χ0) is 24.5. The molecule has 9 nitrogen and oxygen atoms in total. The van der Waals surface area contributed by atoms with Gasteiger partial charge in [-0.15, -0.1) is 0 Å². The second-order valence-corrected chi connectivity index (χ2v) is 10.3. The van der Waals surface area contributed by atoms with Gasteiger partial charge in [0.15, 0.2) is 0 Å². The quantitative estimate of drug-likeness (QED) is 0.303. The molecule has 4 amide bonds. The van der Waals surface area contributed by atoms with E-state index in [0.717, 1.165) is 0 Å². The van der Waals surface area contributed by atoms with Gasteiger partial charge < -0.3 is 26.4 Å². The summed E-state index contributed by atoms with van der Waals surface area (Å²) in [7, 11) is 0. The van der Waals surface area contributed by atoms with Crippen LogP contribution in [0.3, 0.4) is 0 Å². The molecule has 0 aliphatic rings. The number of rotatable bonds is 12. The van der Waals surface area contributed by atoms with Gasteiger partial charge in [0.2, 0.25) is 23.6 Å². The molecule has 0 aliphatic carbocycles. The molecular weight excluding hydrogens is 400 g/mol. The van der Waals surface area contributed by atoms with Crippen molar-refractivity contribution in [3.8, 4) is 0 Å². The van der Waals surface area contributed by atoms with E-state index >= 15 is 0 Å². The van der Waals surface area contributed by atoms with Gasteiger partial charge in [-0.05, 0) is 25.2 Å². The Labute approximate surface area is 186 Å². The summed E-state index contributed by atoms with van der Waals surface area (Å²) in [5.74, 6) is -1.35. The Morgan fingerprint density at radius 1 is 0.806 bits per heavy atom. The zero-order valence-corrected chi connectivity index (χ0v) is 20.4. The largest absolute Gasteiger partial charge is 0.392 e. The molecule has 9 heteroatoms. The fraction of sp³-hybridized carbons (Fsp3) is 0.818. The maximum absolute atomic E-state index is 12.7. The average molecular weight is 443 g/mol. The van der Waals surface area contributed by atoms with Crippen molar-refractivity contribution in [3.63, 3.8) is 0 Å². The van der Waals surface area contributed by atoms with Gasteiger partial charge in [-0.1, -0.05) is 48.5 Å². The summed E-state index contributed by atoms with van der Waals surface area (Å²) < 4.78 is 0. The summed E-state index contributed by atoms with van der Waals surface area (Å²) in [5.41, 5.74) is -1.76. The topological polar surface area (TPSA) is 137 Å². The fourth-order valence-electron chi connectivity index (χ4n) is 2.94. The molecule has 0 aromatic carbocycles. The molecule has 0 spiro atoms. The lowest BCUT2D eigenvalue weighted by molar-refractivity contribution is -0.138. The third kappa shape index (κ3) is 11.7. The molecular formula is C22H42N4O5. The standard InChI is InChI=1S/C22H42N4O5/c1-9-22(8,19(31)24-10-15(2)27)13-21(6,7)18(30)25-12-16(28)23-11-17(29)26-14-20(3,4)5/h15,27H,9-14H2,1-8H3,(H,23,28)(H,24,31)(H,25,30)(H,26,29). The highest BCUT2D eigenvalue weighted by atomic mass is 16.3. The highest BCUT2D eigenvalue weighted by Gasteiger charge is 2.40. The normalized spacial score (nSPS) is 14.7. The number of aliphatic hydroxyl groups excluding tert-OH is 1. The van der Waals surface area contributed by atoms with Gasteiger partial charge in [-0.2, -0.15) is 0 Å². The van der Waals surface area contributed by atoms with E-state index in [0.29, 0.717) is 13.0 Å². The van der Waals surface area contributed by atoms with Crippen molar-refractivity contribution >= 4 is 23.6 Å². The first-order valence-electron chi connectivity index (χ1n) is 10.8. The minimum Gasteiger partial charge on any atom is -0.392 e. The molecule has 31 heavy (non-hydrogen) atoms. The fourth-order valence-corrected chi connectivity index (χ4v) is 2.94. The van der Waals surface area contributed by atoms with E-state index in [4.69, 9.17) is 0 Å². The number of carbonyl (C=O) groups excluding carboxylic acids is 4. The van der Waals surface area contributed by atoms with Gasteiger partial charge in [0.1, 0.15) is 0 Å². The smallest absolute Gasteiger partial charge is 0.239 e. The Morgan fingerprint density at radius 2 is 1.32 bits per heavy atom. The Balaban J connectivity index is 4.65. The maximum atomic E-state index is 12.7. The molecule has 2 atom stereocenters. The van der Waals surface area contributed by atoms with Crippen LogP contribution >= 0.6 is 0 Å². The number of amides is 4. The molecule has 2 unspecified atom stereocenters. The molecule has 0 fully saturated rings. The molecule has 0 heterocycles. The van der Waals surface area contributed by atoms with E-state index in [2.05, 4.69) is 21.3 Å². The monoisotopic (exact) mass is 442 g/mol. The molecule has 0 bridgehead atoms. The van der Waals surface area contributed by atoms with Crippen molar-refractivity contribution in [2.24, 2.45) is 16.2 Å². The number of aliphatic hydroxyl groups is 1. The van der Waals surface area contributed by atoms with Gasteiger partial charge in [0.25, 0.3) is 0 Å². The van der Waals surface area contributed by atoms with Crippen molar-refractivity contribution in [3.05, 3.63) is 0 Å². The minimum atomic E-state index is -0.905. The van der Waals surface area contributed by atoms with Crippen molar-refractivity contribution < 1.29 is 24.3 Å². The molecule has 0 radical (unpaired) electrons. The Morgan fingerprint density at radius 3 is 1.81 bits per heavy atom. The van der Waals surface area contributed by atoms with Crippen LogP contribution in [0.4, 0.5) is 0 Å². The van der Waals surface area contributed by atoms with Gasteiger partial charge in [-0.3, -0.25) is 19.2 Å². The van der Waals surface area contributed by atoms with Crippen LogP contribution in [-0.4, -0.2) is 61.0 Å². The van der Waals surface area contributed by atoms with E-state index in [1.807, 2.05) is 27.7 Å². The number of hydrogen-bond donors (Lipinski definition) is 5. The third-order valence-corrected chi connectivity index (χ3v) is 5.00. The van der Waals surface area contributed by atoms with Crippen LogP contribution in [0, 0.1) is 16.2 Å². The van der Waals surface area contributed by atoms with E-state index in [1.54, 1.807) is 27.7 Å². The van der Waals surface area contributed by atoms with E-state index in [1.165, 1.54) is 0 Å². The average Bonchev–Trinajstić information content (AvgIpc) is 2.65. The molecule has 0 saturated carbocycles. The summed E-state index contributed by atoms with van der Waals surface area (Å²) >= 11 is 0. The number of carbonyl (C=O) groups is 4. The van der Waals surface area contributed by atoms with Gasteiger partial charge in [0.05, 0.1) is 19.2 Å². The van der Waals surface area contributed by atoms with Gasteiger partial charge in [0, 0.05) is 23.9 Å². The molecule has 0 aromatic heterocycles. The number of hydrogen-bond acceptors (Lipinski definition) is 5. The second-order valence-electron chi connectivity index (χ2n) is 10.3. The summed E-state index contributed by atoms with van der Waals surface area (Å²) in [5, 5.41) is 19.9. The maximum Gasteiger partial charge on any atom is 0.239 e. The van der Waals surface area contributed by atoms with Crippen molar-refractivity contribution in [1.29, 1.82) is 0 Å². The Kier molecular flexibility index (Phi) is 11.2. The Hall–Kier alpha value is -2.16. The predicted molar refractivity (Wildman–Crippen MR) is 120 cm³/mol. The molecule has 5 N–H and O–H groups in total. The van der Waals surface area contributed by atoms with Crippen LogP contribution in [0.5, 0.6) is 0 Å². The molecule has 0 aliphatic heterocycles. The highest BCUT2D eigenvalue weighted by Crippen LogP contribution is 2.37. The molecule has 0 rings (SSSR count). The van der Waals surface area contributed by atoms with E-state index < -0.39 is 22.8 Å². The van der Waals surface area contributed by atoms with Crippen molar-refractivity contribution in [2.75, 3.05) is 26.2 Å². The predicted octanol–water partition coefficient (Wildman–Crippen LogP) is 0.711. The lowest BCUT2D eigenvalue weighted by Gasteiger charge is -2.35. The Bertz CT molecular complexity index is 640. The zero-order valence-electron chi connectivity index (χ0n) is 20.4. The SMILES string of the molecule is CCC(C)(CC(C)(C)C(=O)NCC(=O)NCC(=O)NCC(C)(C)C)C(=O)NCC(C)O. The molecule has 0 saturated heterocycles. The van der Waals surface area contributed by atoms with Crippen LogP contribution in [-0.2, 0) is 19.2 Å². The molecule has 0 aromatic rings. The van der Waals surface area contributed by atoms with Gasteiger partial charge >= 0.3 is 0 Å². The first-order valence-corrected chi connectivity index (χ1v) is 10.8. The summed E-state index contributed by atoms with van der Waals surface area (Å²) in [6.45, 7) is 14.9. The van der Waals surface area contributed by atoms with Crippen molar-refractivity contribution in [1.82, 2.24) is 21.3 Å². The van der Waals surface area contributed by atoms with Crippen LogP contribution in [0.25, 0.3) is 0 Å². The van der Waals surface area contributed by atoms with Crippen LogP contribution in [0.15, 0.2) is 0 Å². The first-order chi connectivity index (χ1) is 14.0. The summed E-state index contributed by atoms with van der Waals surface area (Å²) in [6.07, 6.45) is 0.125. The highest BCUT2D eigenvalue weighted by molar-refractivity contribution is 5.90. The van der Waals surface area contributed by atoms with E-state index in [9.17, 15) is 24.3 Å². The van der Waals surface area contributed by atoms with Crippen LogP contribution < -0.4 is 21.3 Å². The summed E-state index contributed by atoms with van der Waals surface area (Å²) in [4.78, 5) is 49.0. The lowest BCUT2D eigenvalue weighted by Crippen LogP contribution is -2.49. The summed E-state index contributed by atoms with van der Waals surface area (Å²) in [6, 6.07) is 0. The molecule has 180 valence electrons. The van der Waals surface area contributed by atoms with Crippen LogP contribution in [0.2, 0.25) is 0 Å². The minimum absolute atomic E-state index is 0.0561. The van der Waals surface area contributed by atoms with Crippen molar-refractivity contribution in [2.45, 2.75) is 74.3 Å². The first kappa shape index (κ1) is 28.8. The lowest BCUT2D eigenvalue weighted by atomic mass is 9.71. The van der Waals surface area contributed by atoms with Crippen LogP contribution in [0.1, 0.15) is 68.2 Å².